The minimum atomic E-state index is -0.730. The molecule has 2 aromatic rings. The number of ketones is 1. The number of aliphatic hydroxyl groups excluding tert-OH is 1. The van der Waals surface area contributed by atoms with Crippen LogP contribution in [0.15, 0.2) is 58.5 Å². The highest BCUT2D eigenvalue weighted by Crippen LogP contribution is 2.37. The Bertz CT molecular complexity index is 826. The van der Waals surface area contributed by atoms with E-state index in [2.05, 4.69) is 18.8 Å². The summed E-state index contributed by atoms with van der Waals surface area (Å²) in [4.78, 5) is 32.9. The first-order chi connectivity index (χ1) is 13.1. The number of furan rings is 1. The molecule has 3 rings (SSSR count). The molecule has 0 saturated heterocycles. The Morgan fingerprint density at radius 1 is 1.26 bits per heavy atom. The number of Topliss-reactive ketones (excluding diaryl/α,β-unsaturated/α-hetero) is 1. The molecule has 1 atom stereocenters. The maximum atomic E-state index is 12.9. The minimum absolute atomic E-state index is 0.0168. The molecule has 3 heterocycles. The van der Waals surface area contributed by atoms with Gasteiger partial charge in [-0.2, -0.15) is 0 Å². The van der Waals surface area contributed by atoms with Gasteiger partial charge in [-0.15, -0.1) is 0 Å². The molecule has 0 spiro atoms. The zero-order valence-corrected chi connectivity index (χ0v) is 15.5. The number of nitrogens with one attached hydrogen (secondary N) is 1. The Morgan fingerprint density at radius 3 is 2.63 bits per heavy atom. The minimum Gasteiger partial charge on any atom is -0.503 e. The second-order valence-corrected chi connectivity index (χ2v) is 6.43. The number of nitrogens with zero attached hydrogens (tertiary/aromatic N) is 2. The van der Waals surface area contributed by atoms with Crippen molar-refractivity contribution < 1.29 is 24.0 Å². The molecule has 7 heteroatoms. The predicted molar refractivity (Wildman–Crippen MR) is 98.3 cm³/mol. The Hall–Kier alpha value is -2.93. The third kappa shape index (κ3) is 3.64. The number of amides is 1. The first kappa shape index (κ1) is 18.8. The van der Waals surface area contributed by atoms with Gasteiger partial charge in [0.2, 0.25) is 5.78 Å². The van der Waals surface area contributed by atoms with E-state index in [4.69, 9.17) is 4.42 Å². The number of rotatable bonds is 8. The maximum absolute atomic E-state index is 12.9. The molecule has 0 bridgehead atoms. The van der Waals surface area contributed by atoms with Crippen LogP contribution >= 0.6 is 0 Å². The average Bonchev–Trinajstić information content (AvgIpc) is 3.31. The monoisotopic (exact) mass is 370 g/mol. The zero-order valence-electron chi connectivity index (χ0n) is 15.5. The van der Waals surface area contributed by atoms with Crippen molar-refractivity contribution in [2.24, 2.45) is 0 Å². The molecule has 0 fully saturated rings. The van der Waals surface area contributed by atoms with Gasteiger partial charge in [0.25, 0.3) is 5.91 Å². The van der Waals surface area contributed by atoms with E-state index in [0.29, 0.717) is 12.2 Å². The first-order valence-electron chi connectivity index (χ1n) is 9.15. The molecule has 0 radical (unpaired) electrons. The molecule has 27 heavy (non-hydrogen) atoms. The van der Waals surface area contributed by atoms with E-state index in [9.17, 15) is 14.7 Å². The zero-order chi connectivity index (χ0) is 19.4. The number of aliphatic hydroxyl groups is 1. The lowest BCUT2D eigenvalue weighted by Crippen LogP contribution is -3.12. The van der Waals surface area contributed by atoms with Crippen molar-refractivity contribution in [2.45, 2.75) is 19.9 Å². The van der Waals surface area contributed by atoms with Crippen LogP contribution in [-0.4, -0.2) is 52.9 Å². The normalized spacial score (nSPS) is 17.2. The van der Waals surface area contributed by atoms with Gasteiger partial charge in [-0.05, 0) is 38.1 Å². The number of aromatic nitrogens is 1. The van der Waals surface area contributed by atoms with Crippen LogP contribution in [0.1, 0.15) is 36.1 Å². The van der Waals surface area contributed by atoms with Crippen LogP contribution in [0.5, 0.6) is 0 Å². The summed E-state index contributed by atoms with van der Waals surface area (Å²) < 4.78 is 5.19. The van der Waals surface area contributed by atoms with Gasteiger partial charge < -0.3 is 19.3 Å². The van der Waals surface area contributed by atoms with Crippen molar-refractivity contribution in [1.82, 2.24) is 9.88 Å². The van der Waals surface area contributed by atoms with E-state index < -0.39 is 23.5 Å². The summed E-state index contributed by atoms with van der Waals surface area (Å²) in [6.45, 7) is 7.17. The summed E-state index contributed by atoms with van der Waals surface area (Å²) in [5, 5.41) is 10.5. The summed E-state index contributed by atoms with van der Waals surface area (Å²) in [6.07, 6.45) is 3.00. The molecule has 1 amide bonds. The van der Waals surface area contributed by atoms with Crippen LogP contribution in [0, 0.1) is 0 Å². The van der Waals surface area contributed by atoms with E-state index in [-0.39, 0.29) is 11.3 Å². The van der Waals surface area contributed by atoms with Crippen LogP contribution in [-0.2, 0) is 4.79 Å². The van der Waals surface area contributed by atoms with E-state index in [0.717, 1.165) is 19.6 Å². The smallest absolute Gasteiger partial charge is 0.290 e. The molecule has 1 aliphatic rings. The van der Waals surface area contributed by atoms with Crippen LogP contribution in [0.3, 0.4) is 0 Å². The number of carbonyl (C=O) groups excluding carboxylic acids is 2. The molecule has 0 aliphatic carbocycles. The number of pyridine rings is 1. The van der Waals surface area contributed by atoms with Gasteiger partial charge in [0.05, 0.1) is 43.7 Å². The fourth-order valence-corrected chi connectivity index (χ4v) is 3.38. The van der Waals surface area contributed by atoms with Gasteiger partial charge in [-0.3, -0.25) is 14.6 Å². The fourth-order valence-electron chi connectivity index (χ4n) is 3.38. The third-order valence-corrected chi connectivity index (χ3v) is 4.97. The van der Waals surface area contributed by atoms with Crippen LogP contribution in [0.25, 0.3) is 0 Å². The highest BCUT2D eigenvalue weighted by atomic mass is 16.3. The largest absolute Gasteiger partial charge is 0.503 e. The fraction of sp³-hybridized carbons (Fsp3) is 0.350. The van der Waals surface area contributed by atoms with Crippen LogP contribution in [0.2, 0.25) is 0 Å². The van der Waals surface area contributed by atoms with E-state index in [1.165, 1.54) is 22.1 Å². The molecule has 0 unspecified atom stereocenters. The maximum Gasteiger partial charge on any atom is 0.290 e. The second-order valence-electron chi connectivity index (χ2n) is 6.43. The lowest BCUT2D eigenvalue weighted by molar-refractivity contribution is -0.895. The standard InChI is InChI=1S/C20H23N3O4/c1-3-22(4-2)11-12-23-17(14-8-5-6-10-21-14)16(19(25)20(23)26)18(24)15-9-7-13-27-15/h5-10,13,17,25H,3-4,11-12H2,1-2H3/p+1/t17-/m0/s1. The molecule has 2 aromatic heterocycles. The summed E-state index contributed by atoms with van der Waals surface area (Å²) in [7, 11) is 0. The summed E-state index contributed by atoms with van der Waals surface area (Å²) in [6, 6.07) is 7.70. The lowest BCUT2D eigenvalue weighted by Gasteiger charge is -2.27. The number of hydrogen-bond donors (Lipinski definition) is 2. The molecular weight excluding hydrogens is 346 g/mol. The Labute approximate surface area is 157 Å². The molecule has 7 nitrogen and oxygen atoms in total. The summed E-state index contributed by atoms with van der Waals surface area (Å²) >= 11 is 0. The molecule has 0 aromatic carbocycles. The van der Waals surface area contributed by atoms with Crippen molar-refractivity contribution in [3.63, 3.8) is 0 Å². The topological polar surface area (TPSA) is 88.1 Å². The van der Waals surface area contributed by atoms with E-state index in [1.54, 1.807) is 30.5 Å². The van der Waals surface area contributed by atoms with Crippen molar-refractivity contribution in [2.75, 3.05) is 26.2 Å². The van der Waals surface area contributed by atoms with Gasteiger partial charge in [0.15, 0.2) is 11.5 Å². The Kier molecular flexibility index (Phi) is 5.71. The quantitative estimate of drug-likeness (QED) is 0.681. The van der Waals surface area contributed by atoms with Gasteiger partial charge in [-0.1, -0.05) is 6.07 Å². The molecule has 2 N–H and O–H groups in total. The lowest BCUT2D eigenvalue weighted by atomic mass is 9.98. The van der Waals surface area contributed by atoms with E-state index >= 15 is 0 Å². The highest BCUT2D eigenvalue weighted by Gasteiger charge is 2.45. The highest BCUT2D eigenvalue weighted by molar-refractivity contribution is 6.14. The van der Waals surface area contributed by atoms with Gasteiger partial charge >= 0.3 is 0 Å². The van der Waals surface area contributed by atoms with E-state index in [1.807, 2.05) is 0 Å². The molecular formula is C20H24N3O4+. The second kappa shape index (κ2) is 8.18. The van der Waals surface area contributed by atoms with Crippen LogP contribution < -0.4 is 4.90 Å². The number of quaternary nitrogens is 1. The number of likely N-dealkylation sites (N-methyl/N-ethyl adjacent to an activating group) is 1. The van der Waals surface area contributed by atoms with Gasteiger partial charge in [0.1, 0.15) is 6.04 Å². The SMILES string of the molecule is CC[NH+](CC)CCN1C(=O)C(O)=C(C(=O)c2ccco2)[C@@H]1c1ccccn1. The van der Waals surface area contributed by atoms with Crippen molar-refractivity contribution in [3.05, 3.63) is 65.6 Å². The van der Waals surface area contributed by atoms with Crippen LogP contribution in [0.4, 0.5) is 0 Å². The summed E-state index contributed by atoms with van der Waals surface area (Å²) in [5.41, 5.74) is 0.558. The number of carbonyl (C=O) groups is 2. The molecule has 0 saturated carbocycles. The third-order valence-electron chi connectivity index (χ3n) is 4.97. The van der Waals surface area contributed by atoms with Gasteiger partial charge in [-0.25, -0.2) is 0 Å². The van der Waals surface area contributed by atoms with Crippen molar-refractivity contribution in [3.8, 4) is 0 Å². The molecule has 142 valence electrons. The average molecular weight is 370 g/mol. The van der Waals surface area contributed by atoms with Gasteiger partial charge in [0, 0.05) is 6.20 Å². The van der Waals surface area contributed by atoms with Crippen molar-refractivity contribution >= 4 is 11.7 Å². The van der Waals surface area contributed by atoms with Crippen molar-refractivity contribution in [1.29, 1.82) is 0 Å². The Balaban J connectivity index is 1.98. The first-order valence-corrected chi connectivity index (χ1v) is 9.15. The number of hydrogen-bond acceptors (Lipinski definition) is 5. The molecule has 1 aliphatic heterocycles. The summed E-state index contributed by atoms with van der Waals surface area (Å²) in [5.74, 6) is -1.49. The Morgan fingerprint density at radius 2 is 2.04 bits per heavy atom. The predicted octanol–water partition coefficient (Wildman–Crippen LogP) is 1.18.